The molecule has 4 nitrogen and oxygen atoms in total. The zero-order chi connectivity index (χ0) is 24.9. The second-order valence-electron chi connectivity index (χ2n) is 12.8. The second kappa shape index (κ2) is 9.27. The number of hydrogen-bond donors (Lipinski definition) is 0. The molecule has 0 bridgehead atoms. The highest BCUT2D eigenvalue weighted by Gasteiger charge is 2.60. The van der Waals surface area contributed by atoms with Crippen molar-refractivity contribution in [2.45, 2.75) is 103 Å². The van der Waals surface area contributed by atoms with Crippen molar-refractivity contribution in [3.63, 3.8) is 0 Å². The van der Waals surface area contributed by atoms with Crippen LogP contribution in [0.3, 0.4) is 0 Å². The van der Waals surface area contributed by atoms with Gasteiger partial charge in [-0.15, -0.1) is 0 Å². The highest BCUT2D eigenvalue weighted by atomic mass is 28.4. The van der Waals surface area contributed by atoms with Crippen LogP contribution >= 0.6 is 0 Å². The molecule has 0 aromatic heterocycles. The molecule has 6 atom stereocenters. The van der Waals surface area contributed by atoms with Crippen LogP contribution in [0.5, 0.6) is 5.75 Å². The summed E-state index contributed by atoms with van der Waals surface area (Å²) in [5, 5.41) is 0.149. The molecule has 0 N–H and O–H groups in total. The standard InChI is InChI=1S/C29H46O4Si/c1-9-32-26(30)18-20-17-25-24-12-10-19-16-21(31-6)11-13-22(19)23(24)14-15-29(25,5)27(20)33-34(7,8)28(2,3)4/h11,13,16,20,23-25,27H,9-10,12,14-15,17-18H2,1-8H3/t20-,23+,24+,25-,27-,29-/m0/s1. The number of ether oxygens (including phenoxy) is 2. The average molecular weight is 487 g/mol. The van der Waals surface area contributed by atoms with Gasteiger partial charge in [0.2, 0.25) is 0 Å². The summed E-state index contributed by atoms with van der Waals surface area (Å²) in [7, 11) is -0.228. The first-order valence-electron chi connectivity index (χ1n) is 13.4. The van der Waals surface area contributed by atoms with Gasteiger partial charge < -0.3 is 13.9 Å². The van der Waals surface area contributed by atoms with Crippen molar-refractivity contribution in [1.82, 2.24) is 0 Å². The number of esters is 1. The van der Waals surface area contributed by atoms with Crippen molar-refractivity contribution in [3.05, 3.63) is 29.3 Å². The lowest BCUT2D eigenvalue weighted by Gasteiger charge is -2.52. The molecule has 190 valence electrons. The van der Waals surface area contributed by atoms with Crippen LogP contribution < -0.4 is 4.74 Å². The van der Waals surface area contributed by atoms with E-state index < -0.39 is 8.32 Å². The summed E-state index contributed by atoms with van der Waals surface area (Å²) in [5.41, 5.74) is 3.13. The van der Waals surface area contributed by atoms with Crippen molar-refractivity contribution in [2.24, 2.45) is 23.2 Å². The third-order valence-electron chi connectivity index (χ3n) is 9.97. The van der Waals surface area contributed by atoms with Gasteiger partial charge in [-0.05, 0) is 110 Å². The van der Waals surface area contributed by atoms with Crippen LogP contribution in [0.15, 0.2) is 18.2 Å². The van der Waals surface area contributed by atoms with Gasteiger partial charge in [-0.2, -0.15) is 0 Å². The van der Waals surface area contributed by atoms with Crippen molar-refractivity contribution in [2.75, 3.05) is 13.7 Å². The van der Waals surface area contributed by atoms with Crippen LogP contribution in [0.1, 0.15) is 83.8 Å². The van der Waals surface area contributed by atoms with Crippen molar-refractivity contribution in [3.8, 4) is 5.75 Å². The topological polar surface area (TPSA) is 44.8 Å². The molecule has 0 amide bonds. The summed E-state index contributed by atoms with van der Waals surface area (Å²) in [6.45, 7) is 16.5. The number of carbonyl (C=O) groups is 1. The zero-order valence-corrected chi connectivity index (χ0v) is 23.7. The Kier molecular flexibility index (Phi) is 7.02. The van der Waals surface area contributed by atoms with Gasteiger partial charge in [0.15, 0.2) is 8.32 Å². The Bertz CT molecular complexity index is 904. The molecular formula is C29H46O4Si. The van der Waals surface area contributed by atoms with Gasteiger partial charge in [0.1, 0.15) is 5.75 Å². The molecule has 3 aliphatic rings. The van der Waals surface area contributed by atoms with E-state index in [9.17, 15) is 4.79 Å². The third kappa shape index (κ3) is 4.47. The molecule has 3 aliphatic carbocycles. The smallest absolute Gasteiger partial charge is 0.306 e. The van der Waals surface area contributed by atoms with E-state index in [1.165, 1.54) is 30.4 Å². The molecular weight excluding hydrogens is 440 g/mol. The highest BCUT2D eigenvalue weighted by molar-refractivity contribution is 6.74. The van der Waals surface area contributed by atoms with Crippen LogP contribution in [0.2, 0.25) is 18.1 Å². The van der Waals surface area contributed by atoms with E-state index in [0.29, 0.717) is 30.8 Å². The first-order chi connectivity index (χ1) is 15.9. The minimum atomic E-state index is -1.98. The van der Waals surface area contributed by atoms with E-state index >= 15 is 0 Å². The number of benzene rings is 1. The largest absolute Gasteiger partial charge is 0.497 e. The van der Waals surface area contributed by atoms with E-state index in [2.05, 4.69) is 59.0 Å². The monoisotopic (exact) mass is 486 g/mol. The Hall–Kier alpha value is -1.33. The minimum absolute atomic E-state index is 0.0591. The van der Waals surface area contributed by atoms with Crippen LogP contribution in [0.25, 0.3) is 0 Å². The van der Waals surface area contributed by atoms with E-state index in [1.54, 1.807) is 7.11 Å². The second-order valence-corrected chi connectivity index (χ2v) is 17.6. The van der Waals surface area contributed by atoms with E-state index in [4.69, 9.17) is 13.9 Å². The molecule has 0 spiro atoms. The summed E-state index contributed by atoms with van der Waals surface area (Å²) in [6, 6.07) is 6.71. The molecule has 4 rings (SSSR count). The first kappa shape index (κ1) is 25.8. The van der Waals surface area contributed by atoms with Crippen LogP contribution in [-0.4, -0.2) is 34.1 Å². The normalized spacial score (nSPS) is 33.0. The summed E-state index contributed by atoms with van der Waals surface area (Å²) < 4.78 is 18.1. The van der Waals surface area contributed by atoms with Crippen LogP contribution in [0, 0.1) is 23.2 Å². The Morgan fingerprint density at radius 1 is 1.21 bits per heavy atom. The molecule has 0 unspecified atom stereocenters. The number of rotatable bonds is 6. The molecule has 1 aromatic carbocycles. The molecule has 0 radical (unpaired) electrons. The van der Waals surface area contributed by atoms with Crippen molar-refractivity contribution in [1.29, 1.82) is 0 Å². The number of methoxy groups -OCH3 is 1. The molecule has 2 saturated carbocycles. The number of aryl methyl sites for hydroxylation is 1. The first-order valence-corrected chi connectivity index (χ1v) is 16.3. The van der Waals surface area contributed by atoms with Gasteiger partial charge in [0.25, 0.3) is 0 Å². The summed E-state index contributed by atoms with van der Waals surface area (Å²) >= 11 is 0. The zero-order valence-electron chi connectivity index (χ0n) is 22.7. The molecule has 5 heteroatoms. The fourth-order valence-electron chi connectivity index (χ4n) is 7.17. The Morgan fingerprint density at radius 3 is 2.59 bits per heavy atom. The maximum atomic E-state index is 12.6. The maximum Gasteiger partial charge on any atom is 0.306 e. The molecule has 34 heavy (non-hydrogen) atoms. The number of carbonyl (C=O) groups excluding carboxylic acids is 1. The molecule has 0 saturated heterocycles. The van der Waals surface area contributed by atoms with Crippen molar-refractivity contribution < 1.29 is 18.7 Å². The minimum Gasteiger partial charge on any atom is -0.497 e. The number of fused-ring (bicyclic) bond motifs is 5. The number of hydrogen-bond acceptors (Lipinski definition) is 4. The Balaban J connectivity index is 1.65. The summed E-state index contributed by atoms with van der Waals surface area (Å²) in [5.74, 6) is 3.03. The predicted molar refractivity (Wildman–Crippen MR) is 140 cm³/mol. The van der Waals surface area contributed by atoms with E-state index in [-0.39, 0.29) is 28.4 Å². The predicted octanol–water partition coefficient (Wildman–Crippen LogP) is 7.12. The van der Waals surface area contributed by atoms with Gasteiger partial charge in [0, 0.05) is 0 Å². The van der Waals surface area contributed by atoms with Gasteiger partial charge in [-0.3, -0.25) is 4.79 Å². The average Bonchev–Trinajstić information content (AvgIpc) is 3.03. The van der Waals surface area contributed by atoms with Gasteiger partial charge >= 0.3 is 5.97 Å². The fourth-order valence-corrected chi connectivity index (χ4v) is 8.62. The van der Waals surface area contributed by atoms with Crippen LogP contribution in [0.4, 0.5) is 0 Å². The Morgan fingerprint density at radius 2 is 1.94 bits per heavy atom. The fraction of sp³-hybridized carbons (Fsp3) is 0.759. The molecule has 1 aromatic rings. The van der Waals surface area contributed by atoms with E-state index in [0.717, 1.165) is 18.6 Å². The van der Waals surface area contributed by atoms with Crippen molar-refractivity contribution >= 4 is 14.3 Å². The SMILES string of the molecule is CCOC(=O)C[C@@H]1C[C@H]2[C@@H]3CCc4cc(OC)ccc4[C@H]3CC[C@]2(C)[C@H]1O[Si](C)(C)C(C)(C)C. The van der Waals surface area contributed by atoms with E-state index in [1.807, 2.05) is 6.92 Å². The maximum absolute atomic E-state index is 12.6. The Labute approximate surface area is 208 Å². The molecule has 2 fully saturated rings. The summed E-state index contributed by atoms with van der Waals surface area (Å²) in [6.07, 6.45) is 6.44. The van der Waals surface area contributed by atoms with Gasteiger partial charge in [-0.1, -0.05) is 33.8 Å². The lowest BCUT2D eigenvalue weighted by Crippen LogP contribution is -2.52. The highest BCUT2D eigenvalue weighted by Crippen LogP contribution is 2.64. The van der Waals surface area contributed by atoms with Crippen LogP contribution in [-0.2, 0) is 20.4 Å². The van der Waals surface area contributed by atoms with Gasteiger partial charge in [0.05, 0.1) is 26.2 Å². The lowest BCUT2D eigenvalue weighted by atomic mass is 9.55. The molecule has 0 aliphatic heterocycles. The quantitative estimate of drug-likeness (QED) is 0.317. The lowest BCUT2D eigenvalue weighted by molar-refractivity contribution is -0.145. The van der Waals surface area contributed by atoms with Gasteiger partial charge in [-0.25, -0.2) is 0 Å². The summed E-state index contributed by atoms with van der Waals surface area (Å²) in [4.78, 5) is 12.6. The molecule has 0 heterocycles. The third-order valence-corrected chi connectivity index (χ3v) is 14.4.